The monoisotopic (exact) mass is 336 g/mol. The van der Waals surface area contributed by atoms with Crippen molar-refractivity contribution in [2.75, 3.05) is 0 Å². The highest BCUT2D eigenvalue weighted by Gasteiger charge is 2.17. The lowest BCUT2D eigenvalue weighted by atomic mass is 10.2. The number of aromatic nitrogens is 1. The summed E-state index contributed by atoms with van der Waals surface area (Å²) in [6, 6.07) is 15.6. The minimum absolute atomic E-state index is 0.0562. The zero-order valence-corrected chi connectivity index (χ0v) is 14.2. The predicted octanol–water partition coefficient (Wildman–Crippen LogP) is 4.37. The Morgan fingerprint density at radius 2 is 1.92 bits per heavy atom. The van der Waals surface area contributed by atoms with Crippen LogP contribution in [0.4, 0.5) is 0 Å². The third-order valence-electron chi connectivity index (χ3n) is 3.92. The number of aliphatic carboxylic acids is 1. The lowest BCUT2D eigenvalue weighted by molar-refractivity contribution is -0.137. The van der Waals surface area contributed by atoms with Crippen LogP contribution in [0, 0.1) is 25.2 Å². The zero-order chi connectivity index (χ0) is 17.3. The number of hydrogen-bond acceptors (Lipinski definition) is 3. The van der Waals surface area contributed by atoms with Crippen LogP contribution < -0.4 is 0 Å². The molecule has 4 nitrogen and oxygen atoms in total. The third kappa shape index (κ3) is 3.01. The summed E-state index contributed by atoms with van der Waals surface area (Å²) in [4.78, 5) is 13.3. The van der Waals surface area contributed by atoms with Crippen LogP contribution in [0.25, 0.3) is 10.9 Å². The first-order valence-corrected chi connectivity index (χ1v) is 8.30. The largest absolute Gasteiger partial charge is 0.480 e. The fourth-order valence-electron chi connectivity index (χ4n) is 2.75. The van der Waals surface area contributed by atoms with Gasteiger partial charge in [0.05, 0.1) is 11.6 Å². The molecule has 0 spiro atoms. The highest BCUT2D eigenvalue weighted by Crippen LogP contribution is 2.38. The van der Waals surface area contributed by atoms with Crippen LogP contribution in [-0.2, 0) is 11.3 Å². The summed E-state index contributed by atoms with van der Waals surface area (Å²) in [6.07, 6.45) is 0. The number of rotatable bonds is 4. The Bertz CT molecular complexity index is 966. The predicted molar refractivity (Wildman–Crippen MR) is 94.3 cm³/mol. The van der Waals surface area contributed by atoms with Crippen molar-refractivity contribution in [1.29, 1.82) is 5.26 Å². The van der Waals surface area contributed by atoms with Gasteiger partial charge in [-0.25, -0.2) is 0 Å². The average molecular weight is 336 g/mol. The molecule has 0 unspecified atom stereocenters. The number of aryl methyl sites for hydroxylation is 1. The molecule has 1 aromatic heterocycles. The number of fused-ring (bicyclic) bond motifs is 1. The van der Waals surface area contributed by atoms with Crippen molar-refractivity contribution in [3.8, 4) is 6.07 Å². The topological polar surface area (TPSA) is 66.0 Å². The molecule has 1 N–H and O–H groups in total. The smallest absolute Gasteiger partial charge is 0.323 e. The summed E-state index contributed by atoms with van der Waals surface area (Å²) in [5.74, 6) is -0.856. The van der Waals surface area contributed by atoms with E-state index in [1.165, 1.54) is 0 Å². The van der Waals surface area contributed by atoms with Crippen LogP contribution in [-0.4, -0.2) is 15.6 Å². The number of carbonyl (C=O) groups is 1. The van der Waals surface area contributed by atoms with E-state index in [2.05, 4.69) is 12.1 Å². The van der Waals surface area contributed by atoms with Crippen molar-refractivity contribution in [2.24, 2.45) is 0 Å². The van der Waals surface area contributed by atoms with E-state index in [-0.39, 0.29) is 6.54 Å². The minimum atomic E-state index is -0.856. The molecule has 5 heteroatoms. The molecule has 0 atom stereocenters. The Labute approximate surface area is 144 Å². The van der Waals surface area contributed by atoms with E-state index in [9.17, 15) is 9.90 Å². The fourth-order valence-corrected chi connectivity index (χ4v) is 3.79. The quantitative estimate of drug-likeness (QED) is 0.768. The van der Waals surface area contributed by atoms with Crippen molar-refractivity contribution in [1.82, 2.24) is 4.57 Å². The molecule has 24 heavy (non-hydrogen) atoms. The highest BCUT2D eigenvalue weighted by atomic mass is 32.2. The molecular formula is C19H16N2O2S. The van der Waals surface area contributed by atoms with Crippen LogP contribution >= 0.6 is 11.8 Å². The molecular weight excluding hydrogens is 320 g/mol. The molecule has 0 saturated carbocycles. The Hall–Kier alpha value is -2.71. The molecule has 0 aliphatic rings. The van der Waals surface area contributed by atoms with Crippen LogP contribution in [0.2, 0.25) is 0 Å². The van der Waals surface area contributed by atoms with E-state index in [1.54, 1.807) is 23.9 Å². The van der Waals surface area contributed by atoms with Gasteiger partial charge in [0.1, 0.15) is 6.54 Å². The first kappa shape index (κ1) is 16.2. The van der Waals surface area contributed by atoms with E-state index in [0.29, 0.717) is 5.56 Å². The van der Waals surface area contributed by atoms with Crippen LogP contribution in [0.15, 0.2) is 52.3 Å². The second-order valence-corrected chi connectivity index (χ2v) is 6.74. The number of nitrogens with zero attached hydrogens (tertiary/aromatic N) is 2. The van der Waals surface area contributed by atoms with Gasteiger partial charge in [-0.2, -0.15) is 5.26 Å². The zero-order valence-electron chi connectivity index (χ0n) is 13.4. The standard InChI is InChI=1S/C19H16N2O2S/c1-12-3-8-17-16(9-12)19(13(2)21(17)11-18(22)23)24-15-6-4-14(10-20)5-7-15/h3-9H,11H2,1-2H3,(H,22,23). The second kappa shape index (κ2) is 6.42. The molecule has 0 aliphatic carbocycles. The van der Waals surface area contributed by atoms with Gasteiger partial charge in [-0.15, -0.1) is 0 Å². The van der Waals surface area contributed by atoms with E-state index >= 15 is 0 Å². The van der Waals surface area contributed by atoms with Crippen molar-refractivity contribution >= 4 is 28.6 Å². The molecule has 0 bridgehead atoms. The Morgan fingerprint density at radius 1 is 1.21 bits per heavy atom. The summed E-state index contributed by atoms with van der Waals surface area (Å²) in [7, 11) is 0. The number of carboxylic acid groups (broad SMARTS) is 1. The van der Waals surface area contributed by atoms with Crippen LogP contribution in [0.1, 0.15) is 16.8 Å². The third-order valence-corrected chi connectivity index (χ3v) is 5.14. The lowest BCUT2D eigenvalue weighted by Gasteiger charge is -2.05. The molecule has 0 fully saturated rings. The van der Waals surface area contributed by atoms with Gasteiger partial charge in [-0.3, -0.25) is 4.79 Å². The summed E-state index contributed by atoms with van der Waals surface area (Å²) in [5, 5.41) is 19.2. The van der Waals surface area contributed by atoms with Crippen molar-refractivity contribution in [2.45, 2.75) is 30.2 Å². The van der Waals surface area contributed by atoms with Gasteiger partial charge in [-0.1, -0.05) is 23.4 Å². The summed E-state index contributed by atoms with van der Waals surface area (Å²) in [5.41, 5.74) is 3.63. The van der Waals surface area contributed by atoms with E-state index in [4.69, 9.17) is 5.26 Å². The van der Waals surface area contributed by atoms with Gasteiger partial charge in [0, 0.05) is 26.4 Å². The van der Waals surface area contributed by atoms with E-state index < -0.39 is 5.97 Å². The maximum Gasteiger partial charge on any atom is 0.323 e. The number of hydrogen-bond donors (Lipinski definition) is 1. The first-order valence-electron chi connectivity index (χ1n) is 7.49. The van der Waals surface area contributed by atoms with Gasteiger partial charge in [0.15, 0.2) is 0 Å². The van der Waals surface area contributed by atoms with Gasteiger partial charge >= 0.3 is 5.97 Å². The van der Waals surface area contributed by atoms with Gasteiger partial charge in [0.25, 0.3) is 0 Å². The Morgan fingerprint density at radius 3 is 2.54 bits per heavy atom. The van der Waals surface area contributed by atoms with Gasteiger partial charge < -0.3 is 9.67 Å². The van der Waals surface area contributed by atoms with Crippen LogP contribution in [0.3, 0.4) is 0 Å². The maximum atomic E-state index is 11.2. The van der Waals surface area contributed by atoms with E-state index in [1.807, 2.05) is 42.7 Å². The SMILES string of the molecule is Cc1ccc2c(c1)c(Sc1ccc(C#N)cc1)c(C)n2CC(=O)O. The van der Waals surface area contributed by atoms with Gasteiger partial charge in [0.2, 0.25) is 0 Å². The Kier molecular flexibility index (Phi) is 4.32. The summed E-state index contributed by atoms with van der Waals surface area (Å²) in [6.45, 7) is 3.92. The lowest BCUT2D eigenvalue weighted by Crippen LogP contribution is -2.09. The van der Waals surface area contributed by atoms with Gasteiger partial charge in [-0.05, 0) is 50.2 Å². The second-order valence-electron chi connectivity index (χ2n) is 5.65. The number of nitriles is 1. The molecule has 2 aromatic carbocycles. The number of benzene rings is 2. The molecule has 3 rings (SSSR count). The fraction of sp³-hybridized carbons (Fsp3) is 0.158. The van der Waals surface area contributed by atoms with Crippen molar-refractivity contribution < 1.29 is 9.90 Å². The van der Waals surface area contributed by atoms with Crippen molar-refractivity contribution in [3.05, 3.63) is 59.3 Å². The van der Waals surface area contributed by atoms with Crippen molar-refractivity contribution in [3.63, 3.8) is 0 Å². The summed E-state index contributed by atoms with van der Waals surface area (Å²) >= 11 is 1.60. The van der Waals surface area contributed by atoms with E-state index in [0.717, 1.165) is 32.0 Å². The summed E-state index contributed by atoms with van der Waals surface area (Å²) < 4.78 is 1.84. The normalized spacial score (nSPS) is 10.7. The Balaban J connectivity index is 2.11. The molecule has 0 saturated heterocycles. The first-order chi connectivity index (χ1) is 11.5. The number of carboxylic acids is 1. The molecule has 3 aromatic rings. The van der Waals surface area contributed by atoms with Crippen LogP contribution in [0.5, 0.6) is 0 Å². The molecule has 0 amide bonds. The highest BCUT2D eigenvalue weighted by molar-refractivity contribution is 7.99. The minimum Gasteiger partial charge on any atom is -0.480 e. The molecule has 0 radical (unpaired) electrons. The molecule has 1 heterocycles. The maximum absolute atomic E-state index is 11.2. The average Bonchev–Trinajstić information content (AvgIpc) is 2.80. The molecule has 120 valence electrons. The molecule has 0 aliphatic heterocycles.